The Hall–Kier alpha value is -2.62. The Morgan fingerprint density at radius 3 is 2.91 bits per heavy atom. The van der Waals surface area contributed by atoms with Crippen molar-refractivity contribution in [1.29, 1.82) is 0 Å². The van der Waals surface area contributed by atoms with Gasteiger partial charge in [-0.05, 0) is 42.7 Å². The highest BCUT2D eigenvalue weighted by Crippen LogP contribution is 2.36. The second-order valence-electron chi connectivity index (χ2n) is 5.46. The fourth-order valence-electron chi connectivity index (χ4n) is 3.12. The molecule has 0 amide bonds. The van der Waals surface area contributed by atoms with E-state index in [9.17, 15) is 0 Å². The van der Waals surface area contributed by atoms with Crippen LogP contribution in [0.15, 0.2) is 48.8 Å². The number of para-hydroxylation sites is 1. The summed E-state index contributed by atoms with van der Waals surface area (Å²) in [6, 6.07) is 14.5. The highest BCUT2D eigenvalue weighted by molar-refractivity contribution is 5.92. The predicted octanol–water partition coefficient (Wildman–Crippen LogP) is 3.72. The van der Waals surface area contributed by atoms with Crippen molar-refractivity contribution in [2.45, 2.75) is 12.8 Å². The molecule has 0 bridgehead atoms. The van der Waals surface area contributed by atoms with Gasteiger partial charge in [0.05, 0.1) is 12.6 Å². The Labute approximate surface area is 129 Å². The van der Waals surface area contributed by atoms with Crippen LogP contribution < -0.4 is 9.64 Å². The van der Waals surface area contributed by atoms with Gasteiger partial charge in [0.1, 0.15) is 17.9 Å². The summed E-state index contributed by atoms with van der Waals surface area (Å²) >= 11 is 0. The summed E-state index contributed by atoms with van der Waals surface area (Å²) in [5.74, 6) is 1.78. The lowest BCUT2D eigenvalue weighted by molar-refractivity contribution is 0.415. The number of fused-ring (bicyclic) bond motifs is 2. The van der Waals surface area contributed by atoms with Gasteiger partial charge in [0.15, 0.2) is 0 Å². The van der Waals surface area contributed by atoms with E-state index in [1.54, 1.807) is 13.4 Å². The van der Waals surface area contributed by atoms with E-state index in [-0.39, 0.29) is 0 Å². The lowest BCUT2D eigenvalue weighted by Crippen LogP contribution is -2.25. The number of ether oxygens (including phenoxy) is 1. The highest BCUT2D eigenvalue weighted by Gasteiger charge is 2.20. The van der Waals surface area contributed by atoms with Gasteiger partial charge in [0, 0.05) is 17.6 Å². The van der Waals surface area contributed by atoms with Crippen molar-refractivity contribution in [3.05, 3.63) is 54.4 Å². The normalized spacial score (nSPS) is 14.0. The largest absolute Gasteiger partial charge is 0.497 e. The number of hydrogen-bond acceptors (Lipinski definition) is 4. The van der Waals surface area contributed by atoms with E-state index in [4.69, 9.17) is 4.74 Å². The van der Waals surface area contributed by atoms with Gasteiger partial charge < -0.3 is 9.64 Å². The molecule has 0 unspecified atom stereocenters. The lowest BCUT2D eigenvalue weighted by atomic mass is 10.0. The van der Waals surface area contributed by atoms with Crippen molar-refractivity contribution in [3.63, 3.8) is 0 Å². The molecule has 0 atom stereocenters. The van der Waals surface area contributed by atoms with E-state index in [0.717, 1.165) is 41.9 Å². The molecule has 2 heterocycles. The SMILES string of the molecule is COc1ccc2ncnc(N3CCCc4ccccc43)c2c1. The maximum Gasteiger partial charge on any atom is 0.144 e. The zero-order chi connectivity index (χ0) is 14.9. The molecule has 0 aliphatic carbocycles. The average Bonchev–Trinajstić information content (AvgIpc) is 2.60. The molecular weight excluding hydrogens is 274 g/mol. The van der Waals surface area contributed by atoms with Gasteiger partial charge >= 0.3 is 0 Å². The number of nitrogens with zero attached hydrogens (tertiary/aromatic N) is 3. The Kier molecular flexibility index (Phi) is 3.15. The molecule has 22 heavy (non-hydrogen) atoms. The van der Waals surface area contributed by atoms with Crippen LogP contribution in [0.25, 0.3) is 10.9 Å². The maximum atomic E-state index is 5.36. The molecule has 0 fully saturated rings. The van der Waals surface area contributed by atoms with Crippen molar-refractivity contribution >= 4 is 22.4 Å². The van der Waals surface area contributed by atoms with E-state index in [1.807, 2.05) is 18.2 Å². The Morgan fingerprint density at radius 1 is 1.09 bits per heavy atom. The summed E-state index contributed by atoms with van der Waals surface area (Å²) in [7, 11) is 1.68. The topological polar surface area (TPSA) is 38.3 Å². The van der Waals surface area contributed by atoms with Gasteiger partial charge in [-0.25, -0.2) is 9.97 Å². The first-order valence-corrected chi connectivity index (χ1v) is 7.51. The number of hydrogen-bond donors (Lipinski definition) is 0. The summed E-state index contributed by atoms with van der Waals surface area (Å²) in [5, 5.41) is 1.03. The van der Waals surface area contributed by atoms with Gasteiger partial charge in [0.2, 0.25) is 0 Å². The standard InChI is InChI=1S/C18H17N3O/c1-22-14-8-9-16-15(11-14)18(20-12-19-16)21-10-4-6-13-5-2-3-7-17(13)21/h2-3,5,7-9,11-12H,4,6,10H2,1H3. The quantitative estimate of drug-likeness (QED) is 0.721. The van der Waals surface area contributed by atoms with Crippen molar-refractivity contribution < 1.29 is 4.74 Å². The fraction of sp³-hybridized carbons (Fsp3) is 0.222. The number of benzene rings is 2. The molecule has 0 spiro atoms. The van der Waals surface area contributed by atoms with Gasteiger partial charge in [-0.2, -0.15) is 0 Å². The summed E-state index contributed by atoms with van der Waals surface area (Å²) in [6.07, 6.45) is 3.90. The minimum atomic E-state index is 0.828. The minimum Gasteiger partial charge on any atom is -0.497 e. The Bertz CT molecular complexity index is 831. The molecule has 1 aromatic heterocycles. The number of anilines is 2. The van der Waals surface area contributed by atoms with Crippen LogP contribution in [-0.2, 0) is 6.42 Å². The van der Waals surface area contributed by atoms with Gasteiger partial charge in [0.25, 0.3) is 0 Å². The van der Waals surface area contributed by atoms with Crippen LogP contribution in [0.2, 0.25) is 0 Å². The van der Waals surface area contributed by atoms with Crippen LogP contribution in [0.3, 0.4) is 0 Å². The van der Waals surface area contributed by atoms with Crippen molar-refractivity contribution in [2.75, 3.05) is 18.6 Å². The number of rotatable bonds is 2. The van der Waals surface area contributed by atoms with E-state index < -0.39 is 0 Å². The molecule has 4 nitrogen and oxygen atoms in total. The summed E-state index contributed by atoms with van der Waals surface area (Å²) < 4.78 is 5.36. The average molecular weight is 291 g/mol. The summed E-state index contributed by atoms with van der Waals surface area (Å²) in [6.45, 7) is 0.973. The van der Waals surface area contributed by atoms with E-state index >= 15 is 0 Å². The van der Waals surface area contributed by atoms with E-state index in [1.165, 1.54) is 11.3 Å². The molecule has 3 aromatic rings. The van der Waals surface area contributed by atoms with Crippen LogP contribution in [0.5, 0.6) is 5.75 Å². The number of aromatic nitrogens is 2. The molecule has 4 rings (SSSR count). The number of aryl methyl sites for hydroxylation is 1. The minimum absolute atomic E-state index is 0.828. The smallest absolute Gasteiger partial charge is 0.144 e. The first-order chi connectivity index (χ1) is 10.9. The van der Waals surface area contributed by atoms with Gasteiger partial charge in [-0.1, -0.05) is 18.2 Å². The summed E-state index contributed by atoms with van der Waals surface area (Å²) in [4.78, 5) is 11.2. The van der Waals surface area contributed by atoms with E-state index in [0.29, 0.717) is 0 Å². The van der Waals surface area contributed by atoms with Gasteiger partial charge in [-0.15, -0.1) is 0 Å². The molecule has 0 N–H and O–H groups in total. The second-order valence-corrected chi connectivity index (χ2v) is 5.46. The highest BCUT2D eigenvalue weighted by atomic mass is 16.5. The van der Waals surface area contributed by atoms with Crippen LogP contribution >= 0.6 is 0 Å². The third-order valence-electron chi connectivity index (χ3n) is 4.19. The Morgan fingerprint density at radius 2 is 2.00 bits per heavy atom. The van der Waals surface area contributed by atoms with Crippen LogP contribution in [0.1, 0.15) is 12.0 Å². The van der Waals surface area contributed by atoms with Crippen molar-refractivity contribution in [3.8, 4) is 5.75 Å². The van der Waals surface area contributed by atoms with E-state index in [2.05, 4.69) is 39.1 Å². The zero-order valence-electron chi connectivity index (χ0n) is 12.5. The maximum absolute atomic E-state index is 5.36. The third kappa shape index (κ3) is 2.08. The van der Waals surface area contributed by atoms with Gasteiger partial charge in [-0.3, -0.25) is 0 Å². The molecule has 1 aliphatic rings. The lowest BCUT2D eigenvalue weighted by Gasteiger charge is -2.31. The Balaban J connectivity index is 1.91. The van der Waals surface area contributed by atoms with Crippen LogP contribution in [-0.4, -0.2) is 23.6 Å². The molecule has 110 valence electrons. The molecule has 2 aromatic carbocycles. The third-order valence-corrected chi connectivity index (χ3v) is 4.19. The summed E-state index contributed by atoms with van der Waals surface area (Å²) in [5.41, 5.74) is 3.56. The monoisotopic (exact) mass is 291 g/mol. The molecule has 1 aliphatic heterocycles. The number of methoxy groups -OCH3 is 1. The van der Waals surface area contributed by atoms with Crippen molar-refractivity contribution in [1.82, 2.24) is 9.97 Å². The second kappa shape index (κ2) is 5.30. The molecule has 0 saturated carbocycles. The molecule has 0 saturated heterocycles. The zero-order valence-corrected chi connectivity index (χ0v) is 12.5. The first kappa shape index (κ1) is 13.1. The molecule has 4 heteroatoms. The first-order valence-electron chi connectivity index (χ1n) is 7.51. The fourth-order valence-corrected chi connectivity index (χ4v) is 3.12. The van der Waals surface area contributed by atoms with Crippen molar-refractivity contribution in [2.24, 2.45) is 0 Å². The van der Waals surface area contributed by atoms with Crippen LogP contribution in [0.4, 0.5) is 11.5 Å². The predicted molar refractivity (Wildman–Crippen MR) is 87.9 cm³/mol. The van der Waals surface area contributed by atoms with Crippen LogP contribution in [0, 0.1) is 0 Å². The molecular formula is C18H17N3O. The molecule has 0 radical (unpaired) electrons.